The Balaban J connectivity index is 0.00000261. The van der Waals surface area contributed by atoms with Gasteiger partial charge in [0.15, 0.2) is 0 Å². The lowest BCUT2D eigenvalue weighted by atomic mass is 10.1. The maximum atomic E-state index is 12.8. The van der Waals surface area contributed by atoms with Crippen LogP contribution >= 0.6 is 12.4 Å². The van der Waals surface area contributed by atoms with Crippen molar-refractivity contribution in [1.29, 1.82) is 0 Å². The summed E-state index contributed by atoms with van der Waals surface area (Å²) >= 11 is 0. The molecule has 1 unspecified atom stereocenters. The van der Waals surface area contributed by atoms with Crippen LogP contribution in [-0.4, -0.2) is 58.6 Å². The van der Waals surface area contributed by atoms with Crippen molar-refractivity contribution in [2.45, 2.75) is 49.1 Å². The number of halogens is 1. The molecule has 1 saturated carbocycles. The lowest BCUT2D eigenvalue weighted by Crippen LogP contribution is -2.38. The van der Waals surface area contributed by atoms with Crippen molar-refractivity contribution in [1.82, 2.24) is 14.9 Å². The Morgan fingerprint density at radius 2 is 1.96 bits per heavy atom. The Hall–Kier alpha value is -1.35. The molecule has 3 rings (SSSR count). The second-order valence-electron chi connectivity index (χ2n) is 7.03. The molecule has 0 radical (unpaired) electrons. The fourth-order valence-electron chi connectivity index (χ4n) is 3.69. The van der Waals surface area contributed by atoms with Crippen LogP contribution in [0.2, 0.25) is 0 Å². The quantitative estimate of drug-likeness (QED) is 0.736. The summed E-state index contributed by atoms with van der Waals surface area (Å²) in [5, 5.41) is 3.23. The Morgan fingerprint density at radius 1 is 1.26 bits per heavy atom. The summed E-state index contributed by atoms with van der Waals surface area (Å²) in [6.45, 7) is 1.64. The standard InChI is InChI=1S/C18H27N3O4S.ClH/c1-21(15-9-10-19-12-15)18(22)13-7-8-16(25-2)17(11-13)26(23,24)20-14-5-3-4-6-14;/h7-8,11,14-15,19-20H,3-6,9-10,12H2,1-2H3;1H. The van der Waals surface area contributed by atoms with Crippen molar-refractivity contribution in [3.8, 4) is 5.75 Å². The number of ether oxygens (including phenoxy) is 1. The molecule has 27 heavy (non-hydrogen) atoms. The Morgan fingerprint density at radius 3 is 2.56 bits per heavy atom. The van der Waals surface area contributed by atoms with E-state index in [0.29, 0.717) is 5.56 Å². The van der Waals surface area contributed by atoms with Crippen LogP contribution in [0.3, 0.4) is 0 Å². The number of nitrogens with zero attached hydrogens (tertiary/aromatic N) is 1. The van der Waals surface area contributed by atoms with Gasteiger partial charge in [-0.3, -0.25) is 4.79 Å². The van der Waals surface area contributed by atoms with Crippen LogP contribution in [0.5, 0.6) is 5.75 Å². The van der Waals surface area contributed by atoms with E-state index in [4.69, 9.17) is 4.74 Å². The number of likely N-dealkylation sites (N-methyl/N-ethyl adjacent to an activating group) is 1. The summed E-state index contributed by atoms with van der Waals surface area (Å²) in [6.07, 6.45) is 4.65. The fourth-order valence-corrected chi connectivity index (χ4v) is 5.19. The number of benzene rings is 1. The molecule has 1 amide bonds. The number of hydrogen-bond acceptors (Lipinski definition) is 5. The summed E-state index contributed by atoms with van der Waals surface area (Å²) < 4.78 is 33.7. The molecule has 7 nitrogen and oxygen atoms in total. The maximum absolute atomic E-state index is 12.8. The van der Waals surface area contributed by atoms with Gasteiger partial charge in [0, 0.05) is 31.2 Å². The van der Waals surface area contributed by atoms with Crippen molar-refractivity contribution >= 4 is 28.3 Å². The van der Waals surface area contributed by atoms with Gasteiger partial charge < -0.3 is 15.0 Å². The predicted molar refractivity (Wildman–Crippen MR) is 106 cm³/mol. The number of sulfonamides is 1. The number of carbonyl (C=O) groups excluding carboxylic acids is 1. The normalized spacial score (nSPS) is 20.3. The molecule has 1 heterocycles. The van der Waals surface area contributed by atoms with Crippen LogP contribution in [0.1, 0.15) is 42.5 Å². The van der Waals surface area contributed by atoms with Gasteiger partial charge in [-0.15, -0.1) is 12.4 Å². The van der Waals surface area contributed by atoms with Gasteiger partial charge in [-0.1, -0.05) is 12.8 Å². The van der Waals surface area contributed by atoms with Gasteiger partial charge >= 0.3 is 0 Å². The van der Waals surface area contributed by atoms with E-state index in [0.717, 1.165) is 45.2 Å². The first kappa shape index (κ1) is 21.9. The average molecular weight is 418 g/mol. The minimum Gasteiger partial charge on any atom is -0.495 e. The van der Waals surface area contributed by atoms with Crippen molar-refractivity contribution in [3.05, 3.63) is 23.8 Å². The summed E-state index contributed by atoms with van der Waals surface area (Å²) in [5.41, 5.74) is 0.354. The molecule has 2 fully saturated rings. The van der Waals surface area contributed by atoms with Crippen LogP contribution in [-0.2, 0) is 10.0 Å². The van der Waals surface area contributed by atoms with Gasteiger partial charge in [0.2, 0.25) is 10.0 Å². The molecule has 0 aromatic heterocycles. The van der Waals surface area contributed by atoms with Crippen molar-refractivity contribution in [2.75, 3.05) is 27.2 Å². The first-order valence-corrected chi connectivity index (χ1v) is 10.6. The zero-order chi connectivity index (χ0) is 18.7. The van der Waals surface area contributed by atoms with E-state index in [2.05, 4.69) is 10.0 Å². The molecule has 1 aliphatic carbocycles. The smallest absolute Gasteiger partial charge is 0.253 e. The number of nitrogens with one attached hydrogen (secondary N) is 2. The van der Waals surface area contributed by atoms with E-state index < -0.39 is 10.0 Å². The van der Waals surface area contributed by atoms with Gasteiger partial charge in [0.25, 0.3) is 5.91 Å². The number of amides is 1. The molecule has 0 bridgehead atoms. The minimum atomic E-state index is -3.75. The van der Waals surface area contributed by atoms with Crippen LogP contribution in [0, 0.1) is 0 Å². The van der Waals surface area contributed by atoms with E-state index in [1.54, 1.807) is 24.1 Å². The Bertz CT molecular complexity index is 760. The first-order chi connectivity index (χ1) is 12.4. The molecule has 0 spiro atoms. The Kier molecular flexibility index (Phi) is 7.50. The summed E-state index contributed by atoms with van der Waals surface area (Å²) in [5.74, 6) is 0.0657. The van der Waals surface area contributed by atoms with Crippen LogP contribution in [0.25, 0.3) is 0 Å². The summed E-state index contributed by atoms with van der Waals surface area (Å²) in [6, 6.07) is 4.68. The summed E-state index contributed by atoms with van der Waals surface area (Å²) in [7, 11) is -0.554. The first-order valence-electron chi connectivity index (χ1n) is 9.10. The van der Waals surface area contributed by atoms with Gasteiger partial charge in [0.05, 0.1) is 7.11 Å². The van der Waals surface area contributed by atoms with Crippen LogP contribution in [0.15, 0.2) is 23.1 Å². The second kappa shape index (κ2) is 9.23. The highest BCUT2D eigenvalue weighted by Gasteiger charge is 2.28. The molecule has 152 valence electrons. The second-order valence-corrected chi connectivity index (χ2v) is 8.71. The lowest BCUT2D eigenvalue weighted by Gasteiger charge is -2.24. The molecule has 1 saturated heterocycles. The van der Waals surface area contributed by atoms with E-state index >= 15 is 0 Å². The van der Waals surface area contributed by atoms with E-state index in [-0.39, 0.29) is 41.0 Å². The molecule has 9 heteroatoms. The monoisotopic (exact) mass is 417 g/mol. The largest absolute Gasteiger partial charge is 0.495 e. The average Bonchev–Trinajstić information content (AvgIpc) is 3.33. The minimum absolute atomic E-state index is 0. The number of hydrogen-bond donors (Lipinski definition) is 2. The van der Waals surface area contributed by atoms with Crippen molar-refractivity contribution < 1.29 is 17.9 Å². The zero-order valence-corrected chi connectivity index (χ0v) is 17.4. The van der Waals surface area contributed by atoms with E-state index in [1.807, 2.05) is 0 Å². The third-order valence-electron chi connectivity index (χ3n) is 5.28. The highest BCUT2D eigenvalue weighted by Crippen LogP contribution is 2.28. The van der Waals surface area contributed by atoms with Crippen LogP contribution in [0.4, 0.5) is 0 Å². The molecule has 1 atom stereocenters. The molecule has 1 aliphatic heterocycles. The van der Waals surface area contributed by atoms with Gasteiger partial charge in [-0.2, -0.15) is 0 Å². The third kappa shape index (κ3) is 4.93. The molecule has 2 N–H and O–H groups in total. The molecule has 2 aliphatic rings. The van der Waals surface area contributed by atoms with Crippen molar-refractivity contribution in [3.63, 3.8) is 0 Å². The molecular weight excluding hydrogens is 390 g/mol. The fraction of sp³-hybridized carbons (Fsp3) is 0.611. The molecule has 1 aromatic carbocycles. The van der Waals surface area contributed by atoms with E-state index in [1.165, 1.54) is 13.2 Å². The summed E-state index contributed by atoms with van der Waals surface area (Å²) in [4.78, 5) is 14.5. The highest BCUT2D eigenvalue weighted by molar-refractivity contribution is 7.89. The van der Waals surface area contributed by atoms with Crippen molar-refractivity contribution in [2.24, 2.45) is 0 Å². The predicted octanol–water partition coefficient (Wildman–Crippen LogP) is 1.77. The maximum Gasteiger partial charge on any atom is 0.253 e. The molecular formula is C18H28ClN3O4S. The topological polar surface area (TPSA) is 87.7 Å². The number of methoxy groups -OCH3 is 1. The van der Waals surface area contributed by atoms with E-state index in [9.17, 15) is 13.2 Å². The SMILES string of the molecule is COc1ccc(C(=O)N(C)C2CCNC2)cc1S(=O)(=O)NC1CCCC1.Cl. The Labute approximate surface area is 167 Å². The van der Waals surface area contributed by atoms with Crippen LogP contribution < -0.4 is 14.8 Å². The lowest BCUT2D eigenvalue weighted by molar-refractivity contribution is 0.0743. The third-order valence-corrected chi connectivity index (χ3v) is 6.82. The zero-order valence-electron chi connectivity index (χ0n) is 15.7. The molecule has 1 aromatic rings. The number of rotatable bonds is 6. The van der Waals surface area contributed by atoms with Gasteiger partial charge in [0.1, 0.15) is 10.6 Å². The highest BCUT2D eigenvalue weighted by atomic mass is 35.5. The number of carbonyl (C=O) groups is 1. The van der Waals surface area contributed by atoms with Gasteiger partial charge in [-0.05, 0) is 44.0 Å². The van der Waals surface area contributed by atoms with Gasteiger partial charge in [-0.25, -0.2) is 13.1 Å².